The van der Waals surface area contributed by atoms with Crippen molar-refractivity contribution in [2.45, 2.75) is 0 Å². The van der Waals surface area contributed by atoms with Gasteiger partial charge < -0.3 is 4.74 Å². The highest BCUT2D eigenvalue weighted by atomic mass is 35.5. The molecule has 0 amide bonds. The van der Waals surface area contributed by atoms with E-state index in [9.17, 15) is 14.4 Å². The van der Waals surface area contributed by atoms with Crippen molar-refractivity contribution in [1.29, 1.82) is 5.26 Å². The quantitative estimate of drug-likeness (QED) is 0.251. The molecular weight excluding hydrogens is 365 g/mol. The van der Waals surface area contributed by atoms with Gasteiger partial charge >= 0.3 is 5.97 Å². The van der Waals surface area contributed by atoms with Gasteiger partial charge in [0.25, 0.3) is 0 Å². The Morgan fingerprint density at radius 1 is 1.00 bits per heavy atom. The minimum Gasteiger partial charge on any atom is -0.423 e. The molecule has 0 bridgehead atoms. The molecule has 3 nitrogen and oxygen atoms in total. The third-order valence-corrected chi connectivity index (χ3v) is 3.93. The summed E-state index contributed by atoms with van der Waals surface area (Å²) in [6.07, 6.45) is 1.67. The molecule has 0 atom stereocenters. The highest BCUT2D eigenvalue weighted by Gasteiger charge is 2.10. The van der Waals surface area contributed by atoms with Crippen molar-refractivity contribution in [3.8, 4) is 11.8 Å². The Kier molecular flexibility index (Phi) is 5.65. The summed E-state index contributed by atoms with van der Waals surface area (Å²) in [7, 11) is 0. The number of hydrogen-bond acceptors (Lipinski definition) is 3. The summed E-state index contributed by atoms with van der Waals surface area (Å²) < 4.78 is 18.5. The second-order valence-corrected chi connectivity index (χ2v) is 6.09. The lowest BCUT2D eigenvalue weighted by Crippen LogP contribution is -2.08. The normalized spacial score (nSPS) is 10.9. The number of carbonyl (C=O) groups excluding carboxylic acids is 1. The second-order valence-electron chi connectivity index (χ2n) is 5.65. The fourth-order valence-corrected chi connectivity index (χ4v) is 2.64. The van der Waals surface area contributed by atoms with Crippen LogP contribution in [0.4, 0.5) is 4.39 Å². The molecule has 0 aliphatic carbocycles. The van der Waals surface area contributed by atoms with Crippen molar-refractivity contribution in [1.82, 2.24) is 0 Å². The first-order valence-corrected chi connectivity index (χ1v) is 8.38. The minimum atomic E-state index is -0.661. The summed E-state index contributed by atoms with van der Waals surface area (Å²) >= 11 is 5.98. The Labute approximate surface area is 160 Å². The number of nitrogens with zero attached hydrogens (tertiary/aromatic N) is 1. The Bertz CT molecular complexity index is 1070. The van der Waals surface area contributed by atoms with E-state index in [1.807, 2.05) is 0 Å². The maximum atomic E-state index is 13.2. The van der Waals surface area contributed by atoms with Crippen molar-refractivity contribution >= 4 is 29.2 Å². The fraction of sp³-hybridized carbons (Fsp3) is 0. The third-order valence-electron chi connectivity index (χ3n) is 3.70. The average molecular weight is 378 g/mol. The molecule has 0 aromatic heterocycles. The van der Waals surface area contributed by atoms with Gasteiger partial charge in [0.05, 0.1) is 17.2 Å². The molecule has 0 N–H and O–H groups in total. The van der Waals surface area contributed by atoms with Crippen LogP contribution in [-0.4, -0.2) is 5.97 Å². The number of hydrogen-bond donors (Lipinski definition) is 0. The topological polar surface area (TPSA) is 50.1 Å². The third kappa shape index (κ3) is 4.81. The van der Waals surface area contributed by atoms with Crippen LogP contribution in [0.15, 0.2) is 72.8 Å². The second kappa shape index (κ2) is 8.31. The van der Waals surface area contributed by atoms with Crippen molar-refractivity contribution in [2.24, 2.45) is 0 Å². The van der Waals surface area contributed by atoms with Gasteiger partial charge in [-0.1, -0.05) is 41.9 Å². The molecule has 0 spiro atoms. The number of halogens is 2. The zero-order chi connectivity index (χ0) is 19.2. The molecule has 0 aliphatic rings. The van der Waals surface area contributed by atoms with Gasteiger partial charge in [-0.15, -0.1) is 0 Å². The highest BCUT2D eigenvalue weighted by molar-refractivity contribution is 6.30. The Hall–Kier alpha value is -3.42. The minimum absolute atomic E-state index is 0.118. The molecule has 0 aliphatic heterocycles. The fourth-order valence-electron chi connectivity index (χ4n) is 2.45. The largest absolute Gasteiger partial charge is 0.423 e. The van der Waals surface area contributed by atoms with E-state index < -0.39 is 11.8 Å². The molecule has 0 unspecified atom stereocenters. The number of benzene rings is 3. The molecule has 27 heavy (non-hydrogen) atoms. The summed E-state index contributed by atoms with van der Waals surface area (Å²) in [5, 5.41) is 9.97. The van der Waals surface area contributed by atoms with Crippen LogP contribution in [0.5, 0.6) is 5.75 Å². The van der Waals surface area contributed by atoms with Crippen LogP contribution in [0.3, 0.4) is 0 Å². The molecule has 0 saturated heterocycles. The Balaban J connectivity index is 1.85. The number of allylic oxidation sites excluding steroid dienone is 1. The average Bonchev–Trinajstić information content (AvgIpc) is 2.66. The SMILES string of the molecule is N#C/C(=C/c1cccc(OC(=O)c2cccc(F)c2)c1)c1cccc(Cl)c1. The van der Waals surface area contributed by atoms with Crippen molar-refractivity contribution in [3.63, 3.8) is 0 Å². The lowest BCUT2D eigenvalue weighted by molar-refractivity contribution is 0.0734. The van der Waals surface area contributed by atoms with Crippen LogP contribution < -0.4 is 4.74 Å². The molecule has 3 rings (SSSR count). The summed E-state index contributed by atoms with van der Waals surface area (Å²) in [5.74, 6) is -0.881. The van der Waals surface area contributed by atoms with Crippen LogP contribution in [0.25, 0.3) is 11.6 Å². The van der Waals surface area contributed by atoms with E-state index in [2.05, 4.69) is 6.07 Å². The van der Waals surface area contributed by atoms with E-state index >= 15 is 0 Å². The standard InChI is InChI=1S/C22H13ClFNO2/c23-19-7-2-5-16(12-19)18(14-25)10-15-4-1-9-21(11-15)27-22(26)17-6-3-8-20(24)13-17/h1-13H/b18-10-. The highest BCUT2D eigenvalue weighted by Crippen LogP contribution is 2.23. The van der Waals surface area contributed by atoms with Gasteiger partial charge in [-0.25, -0.2) is 9.18 Å². The summed E-state index contributed by atoms with van der Waals surface area (Å²) in [6.45, 7) is 0. The number of carbonyl (C=O) groups is 1. The first-order valence-electron chi connectivity index (χ1n) is 8.01. The van der Waals surface area contributed by atoms with E-state index in [4.69, 9.17) is 16.3 Å². The number of nitriles is 1. The first kappa shape index (κ1) is 18.4. The Morgan fingerprint density at radius 3 is 2.48 bits per heavy atom. The van der Waals surface area contributed by atoms with Gasteiger partial charge in [-0.05, 0) is 59.7 Å². The molecule has 0 saturated carbocycles. The first-order chi connectivity index (χ1) is 13.0. The molecule has 3 aromatic rings. The van der Waals surface area contributed by atoms with Crippen molar-refractivity contribution in [2.75, 3.05) is 0 Å². The zero-order valence-electron chi connectivity index (χ0n) is 14.0. The molecule has 0 fully saturated rings. The number of esters is 1. The van der Waals surface area contributed by atoms with Gasteiger partial charge in [0.2, 0.25) is 0 Å². The van der Waals surface area contributed by atoms with Gasteiger partial charge in [-0.3, -0.25) is 0 Å². The van der Waals surface area contributed by atoms with E-state index in [0.717, 1.165) is 6.07 Å². The lowest BCUT2D eigenvalue weighted by Gasteiger charge is -2.06. The molecule has 132 valence electrons. The van der Waals surface area contributed by atoms with Gasteiger partial charge in [0.1, 0.15) is 11.6 Å². The summed E-state index contributed by atoms with van der Waals surface area (Å²) in [5.41, 5.74) is 1.90. The molecular formula is C22H13ClFNO2. The lowest BCUT2D eigenvalue weighted by atomic mass is 10.0. The maximum Gasteiger partial charge on any atom is 0.343 e. The van der Waals surface area contributed by atoms with Gasteiger partial charge in [-0.2, -0.15) is 5.26 Å². The zero-order valence-corrected chi connectivity index (χ0v) is 14.8. The smallest absolute Gasteiger partial charge is 0.343 e. The van der Waals surface area contributed by atoms with Crippen LogP contribution in [0.2, 0.25) is 5.02 Å². The monoisotopic (exact) mass is 377 g/mol. The van der Waals surface area contributed by atoms with E-state index in [1.165, 1.54) is 18.2 Å². The van der Waals surface area contributed by atoms with E-state index in [-0.39, 0.29) is 5.56 Å². The maximum absolute atomic E-state index is 13.2. The summed E-state index contributed by atoms with van der Waals surface area (Å²) in [4.78, 5) is 12.1. The summed E-state index contributed by atoms with van der Waals surface area (Å²) in [6, 6.07) is 21.1. The molecule has 5 heteroatoms. The van der Waals surface area contributed by atoms with Gasteiger partial charge in [0, 0.05) is 5.02 Å². The van der Waals surface area contributed by atoms with E-state index in [0.29, 0.717) is 27.5 Å². The number of ether oxygens (including phenoxy) is 1. The van der Waals surface area contributed by atoms with Crippen molar-refractivity contribution < 1.29 is 13.9 Å². The van der Waals surface area contributed by atoms with Crippen LogP contribution in [0, 0.1) is 17.1 Å². The van der Waals surface area contributed by atoms with Crippen LogP contribution in [-0.2, 0) is 0 Å². The number of rotatable bonds is 4. The van der Waals surface area contributed by atoms with Crippen molar-refractivity contribution in [3.05, 3.63) is 100 Å². The van der Waals surface area contributed by atoms with Crippen LogP contribution >= 0.6 is 11.6 Å². The molecule has 0 radical (unpaired) electrons. The molecule has 0 heterocycles. The predicted octanol–water partition coefficient (Wildman–Crippen LogP) is 5.76. The van der Waals surface area contributed by atoms with E-state index in [1.54, 1.807) is 54.6 Å². The predicted molar refractivity (Wildman–Crippen MR) is 103 cm³/mol. The van der Waals surface area contributed by atoms with Crippen LogP contribution in [0.1, 0.15) is 21.5 Å². The Morgan fingerprint density at radius 2 is 1.74 bits per heavy atom. The van der Waals surface area contributed by atoms with Gasteiger partial charge in [0.15, 0.2) is 0 Å². The molecule has 3 aromatic carbocycles.